The van der Waals surface area contributed by atoms with Gasteiger partial charge in [-0.1, -0.05) is 48.5 Å². The second-order valence-corrected chi connectivity index (χ2v) is 6.67. The van der Waals surface area contributed by atoms with Crippen LogP contribution in [-0.2, 0) is 0 Å². The van der Waals surface area contributed by atoms with Crippen LogP contribution in [0.15, 0.2) is 18.2 Å². The molecular weight excluding hydrogens is 287 g/mol. The van der Waals surface area contributed by atoms with Crippen molar-refractivity contribution in [3.8, 4) is 0 Å². The van der Waals surface area contributed by atoms with Crippen LogP contribution in [-0.4, -0.2) is 16.8 Å². The van der Waals surface area contributed by atoms with Crippen molar-refractivity contribution in [2.75, 3.05) is 5.75 Å². The fraction of sp³-hybridized carbons (Fsp3) is 0.500. The fourth-order valence-corrected chi connectivity index (χ4v) is 3.84. The lowest BCUT2D eigenvalue weighted by Gasteiger charge is -2.20. The Bertz CT molecular complexity index is 428. The Balaban J connectivity index is 1.93. The zero-order valence-electron chi connectivity index (χ0n) is 10.1. The van der Waals surface area contributed by atoms with Crippen LogP contribution in [0.2, 0.25) is 10.0 Å². The molecule has 0 radical (unpaired) electrons. The number of ketones is 1. The van der Waals surface area contributed by atoms with Crippen LogP contribution in [0.5, 0.6) is 0 Å². The number of carbonyl (C=O) groups excluding carboxylic acids is 1. The van der Waals surface area contributed by atoms with Crippen LogP contribution in [0.4, 0.5) is 0 Å². The molecule has 0 unspecified atom stereocenters. The first-order valence-electron chi connectivity index (χ1n) is 6.27. The van der Waals surface area contributed by atoms with E-state index >= 15 is 0 Å². The van der Waals surface area contributed by atoms with Gasteiger partial charge < -0.3 is 0 Å². The van der Waals surface area contributed by atoms with Gasteiger partial charge >= 0.3 is 0 Å². The fourth-order valence-electron chi connectivity index (χ4n) is 2.22. The summed E-state index contributed by atoms with van der Waals surface area (Å²) in [5.74, 6) is 0.586. The first-order chi connectivity index (χ1) is 8.68. The molecule has 1 aliphatic rings. The molecule has 2 rings (SSSR count). The van der Waals surface area contributed by atoms with Gasteiger partial charge in [0.05, 0.1) is 15.8 Å². The van der Waals surface area contributed by atoms with Crippen molar-refractivity contribution in [3.63, 3.8) is 0 Å². The number of hydrogen-bond acceptors (Lipinski definition) is 2. The lowest BCUT2D eigenvalue weighted by atomic mass is 10.0. The van der Waals surface area contributed by atoms with Crippen molar-refractivity contribution in [1.29, 1.82) is 0 Å². The summed E-state index contributed by atoms with van der Waals surface area (Å²) >= 11 is 13.7. The first kappa shape index (κ1) is 14.2. The zero-order chi connectivity index (χ0) is 13.0. The normalized spacial score (nSPS) is 16.8. The van der Waals surface area contributed by atoms with Crippen molar-refractivity contribution >= 4 is 40.7 Å². The van der Waals surface area contributed by atoms with E-state index in [2.05, 4.69) is 0 Å². The molecule has 18 heavy (non-hydrogen) atoms. The van der Waals surface area contributed by atoms with Crippen molar-refractivity contribution in [3.05, 3.63) is 33.8 Å². The van der Waals surface area contributed by atoms with E-state index < -0.39 is 0 Å². The molecule has 98 valence electrons. The summed E-state index contributed by atoms with van der Waals surface area (Å²) < 4.78 is 0. The van der Waals surface area contributed by atoms with Crippen LogP contribution >= 0.6 is 35.0 Å². The van der Waals surface area contributed by atoms with Gasteiger partial charge in [0.1, 0.15) is 0 Å². The molecule has 0 aliphatic heterocycles. The van der Waals surface area contributed by atoms with E-state index in [1.54, 1.807) is 30.0 Å². The number of Topliss-reactive ketones (excluding diaryl/α,β-unsaturated/α-hetero) is 1. The van der Waals surface area contributed by atoms with E-state index in [0.29, 0.717) is 26.6 Å². The second-order valence-electron chi connectivity index (χ2n) is 4.60. The van der Waals surface area contributed by atoms with E-state index in [1.807, 2.05) is 0 Å². The molecule has 0 bridgehead atoms. The Morgan fingerprint density at radius 1 is 1.22 bits per heavy atom. The molecular formula is C14H16Cl2OS. The molecule has 1 aliphatic carbocycles. The van der Waals surface area contributed by atoms with E-state index in [9.17, 15) is 4.79 Å². The van der Waals surface area contributed by atoms with Gasteiger partial charge in [-0.05, 0) is 25.0 Å². The summed E-state index contributed by atoms with van der Waals surface area (Å²) in [7, 11) is 0. The third-order valence-electron chi connectivity index (χ3n) is 3.25. The summed E-state index contributed by atoms with van der Waals surface area (Å²) in [6.45, 7) is 0. The molecule has 1 aromatic rings. The number of hydrogen-bond donors (Lipinski definition) is 0. The molecule has 0 aromatic heterocycles. The lowest BCUT2D eigenvalue weighted by Crippen LogP contribution is -2.12. The van der Waals surface area contributed by atoms with E-state index in [-0.39, 0.29) is 5.78 Å². The highest BCUT2D eigenvalue weighted by molar-refractivity contribution is 8.00. The number of benzene rings is 1. The standard InChI is InChI=1S/C14H16Cl2OS/c15-12-8-4-7-11(14(12)16)13(17)9-18-10-5-2-1-3-6-10/h4,7-8,10H,1-3,5-6,9H2. The number of carbonyl (C=O) groups is 1. The largest absolute Gasteiger partial charge is 0.293 e. The molecule has 4 heteroatoms. The lowest BCUT2D eigenvalue weighted by molar-refractivity contribution is 0.102. The van der Waals surface area contributed by atoms with Crippen LogP contribution in [0.25, 0.3) is 0 Å². The summed E-state index contributed by atoms with van der Waals surface area (Å²) in [5.41, 5.74) is 0.549. The van der Waals surface area contributed by atoms with Crippen molar-refractivity contribution in [2.45, 2.75) is 37.4 Å². The Morgan fingerprint density at radius 3 is 2.67 bits per heavy atom. The molecule has 0 heterocycles. The van der Waals surface area contributed by atoms with Crippen LogP contribution in [0, 0.1) is 0 Å². The number of rotatable bonds is 4. The zero-order valence-corrected chi connectivity index (χ0v) is 12.5. The molecule has 0 amide bonds. The third kappa shape index (κ3) is 3.66. The van der Waals surface area contributed by atoms with Gasteiger partial charge in [0, 0.05) is 10.8 Å². The Labute approximate surface area is 122 Å². The van der Waals surface area contributed by atoms with Gasteiger partial charge in [0.15, 0.2) is 5.78 Å². The number of thioether (sulfide) groups is 1. The van der Waals surface area contributed by atoms with Crippen molar-refractivity contribution in [1.82, 2.24) is 0 Å². The van der Waals surface area contributed by atoms with Crippen molar-refractivity contribution < 1.29 is 4.79 Å². The molecule has 0 N–H and O–H groups in total. The molecule has 0 atom stereocenters. The van der Waals surface area contributed by atoms with Gasteiger partial charge in [-0.25, -0.2) is 0 Å². The smallest absolute Gasteiger partial charge is 0.174 e. The minimum Gasteiger partial charge on any atom is -0.293 e. The predicted octanol–water partition coefficient (Wildman–Crippen LogP) is 5.24. The van der Waals surface area contributed by atoms with Crippen LogP contribution in [0.1, 0.15) is 42.5 Å². The Hall–Kier alpha value is -0.180. The average Bonchev–Trinajstić information content (AvgIpc) is 2.40. The van der Waals surface area contributed by atoms with E-state index in [0.717, 1.165) is 0 Å². The van der Waals surface area contributed by atoms with Crippen LogP contribution < -0.4 is 0 Å². The minimum absolute atomic E-state index is 0.0815. The van der Waals surface area contributed by atoms with Gasteiger partial charge in [-0.15, -0.1) is 0 Å². The Kier molecular flexibility index (Phi) is 5.40. The summed E-state index contributed by atoms with van der Waals surface area (Å²) in [6, 6.07) is 5.22. The van der Waals surface area contributed by atoms with Gasteiger partial charge in [-0.2, -0.15) is 11.8 Å². The summed E-state index contributed by atoms with van der Waals surface area (Å²) in [5, 5.41) is 1.47. The first-order valence-corrected chi connectivity index (χ1v) is 8.08. The van der Waals surface area contributed by atoms with Gasteiger partial charge in [-0.3, -0.25) is 4.79 Å². The maximum Gasteiger partial charge on any atom is 0.174 e. The minimum atomic E-state index is 0.0815. The van der Waals surface area contributed by atoms with Crippen molar-refractivity contribution in [2.24, 2.45) is 0 Å². The summed E-state index contributed by atoms with van der Waals surface area (Å²) in [4.78, 5) is 12.1. The number of halogens is 2. The molecule has 1 fully saturated rings. The Morgan fingerprint density at radius 2 is 1.94 bits per heavy atom. The van der Waals surface area contributed by atoms with E-state index in [1.165, 1.54) is 32.1 Å². The SMILES string of the molecule is O=C(CSC1CCCCC1)c1cccc(Cl)c1Cl. The third-order valence-corrected chi connectivity index (χ3v) is 5.44. The molecule has 1 saturated carbocycles. The summed E-state index contributed by atoms with van der Waals surface area (Å²) in [6.07, 6.45) is 6.40. The maximum atomic E-state index is 12.1. The molecule has 1 nitrogen and oxygen atoms in total. The van der Waals surface area contributed by atoms with Gasteiger partial charge in [0.25, 0.3) is 0 Å². The van der Waals surface area contributed by atoms with Crippen LogP contribution in [0.3, 0.4) is 0 Å². The second kappa shape index (κ2) is 6.83. The molecule has 0 spiro atoms. The highest BCUT2D eigenvalue weighted by Gasteiger charge is 2.17. The highest BCUT2D eigenvalue weighted by atomic mass is 35.5. The maximum absolute atomic E-state index is 12.1. The van der Waals surface area contributed by atoms with E-state index in [4.69, 9.17) is 23.2 Å². The van der Waals surface area contributed by atoms with Gasteiger partial charge in [0.2, 0.25) is 0 Å². The molecule has 0 saturated heterocycles. The average molecular weight is 303 g/mol. The predicted molar refractivity (Wildman–Crippen MR) is 80.1 cm³/mol. The monoisotopic (exact) mass is 302 g/mol. The topological polar surface area (TPSA) is 17.1 Å². The quantitative estimate of drug-likeness (QED) is 0.707. The highest BCUT2D eigenvalue weighted by Crippen LogP contribution is 2.30. The molecule has 1 aromatic carbocycles.